The Morgan fingerprint density at radius 3 is 2.52 bits per heavy atom. The number of carboxylic acids is 1. The summed E-state index contributed by atoms with van der Waals surface area (Å²) in [6.45, 7) is 8.30. The molecule has 3 N–H and O–H groups in total. The number of thiazole rings is 1. The van der Waals surface area contributed by atoms with Crippen molar-refractivity contribution in [3.8, 4) is 0 Å². The first kappa shape index (κ1) is 17.4. The Hall–Kier alpha value is -1.63. The third kappa shape index (κ3) is 7.08. The fourth-order valence-electron chi connectivity index (χ4n) is 1.92. The summed E-state index contributed by atoms with van der Waals surface area (Å²) in [5.41, 5.74) is 0.705. The van der Waals surface area contributed by atoms with Crippen LogP contribution in [0.3, 0.4) is 0 Å². The average Bonchev–Trinajstić information content (AvgIpc) is 2.76. The fraction of sp³-hybridized carbons (Fsp3) is 0.643. The number of nitrogens with one attached hydrogen (secondary N) is 2. The third-order valence-corrected chi connectivity index (χ3v) is 3.64. The first-order valence-electron chi connectivity index (χ1n) is 6.83. The van der Waals surface area contributed by atoms with Crippen LogP contribution in [0.4, 0.5) is 4.79 Å². The van der Waals surface area contributed by atoms with Crippen molar-refractivity contribution in [3.63, 3.8) is 0 Å². The summed E-state index contributed by atoms with van der Waals surface area (Å²) in [7, 11) is 0. The molecule has 0 aliphatic carbocycles. The van der Waals surface area contributed by atoms with E-state index in [9.17, 15) is 14.7 Å². The van der Waals surface area contributed by atoms with Crippen LogP contribution in [-0.2, 0) is 11.3 Å². The van der Waals surface area contributed by atoms with Crippen LogP contribution in [0.25, 0.3) is 0 Å². The minimum Gasteiger partial charge on any atom is -0.481 e. The molecule has 0 saturated heterocycles. The minimum atomic E-state index is -0.889. The molecule has 0 aliphatic rings. The molecular weight excluding hydrogens is 290 g/mol. The first-order valence-corrected chi connectivity index (χ1v) is 7.71. The second-order valence-corrected chi connectivity index (χ2v) is 7.28. The lowest BCUT2D eigenvalue weighted by atomic mass is 9.84. The number of rotatable bonds is 6. The minimum absolute atomic E-state index is 0.0979. The standard InChI is InChI=1S/C14H23N3O3S/c1-9-17-11(8-21-9)7-16-13(20)15-6-10(12(18)19)5-14(2,3)4/h8,10H,5-7H2,1-4H3,(H,18,19)(H2,15,16,20). The zero-order valence-electron chi connectivity index (χ0n) is 12.9. The maximum Gasteiger partial charge on any atom is 0.315 e. The summed E-state index contributed by atoms with van der Waals surface area (Å²) >= 11 is 1.52. The van der Waals surface area contributed by atoms with Crippen molar-refractivity contribution in [1.82, 2.24) is 15.6 Å². The van der Waals surface area contributed by atoms with Gasteiger partial charge in [0.1, 0.15) is 0 Å². The number of hydrogen-bond donors (Lipinski definition) is 3. The van der Waals surface area contributed by atoms with Crippen molar-refractivity contribution in [2.45, 2.75) is 40.7 Å². The smallest absolute Gasteiger partial charge is 0.315 e. The highest BCUT2D eigenvalue weighted by Gasteiger charge is 2.24. The molecule has 2 amide bonds. The van der Waals surface area contributed by atoms with Crippen molar-refractivity contribution in [1.29, 1.82) is 0 Å². The van der Waals surface area contributed by atoms with E-state index in [1.54, 1.807) is 0 Å². The lowest BCUT2D eigenvalue weighted by molar-refractivity contribution is -0.142. The van der Waals surface area contributed by atoms with Crippen molar-refractivity contribution in [2.24, 2.45) is 11.3 Å². The molecule has 0 saturated carbocycles. The molecule has 0 fully saturated rings. The van der Waals surface area contributed by atoms with E-state index in [0.29, 0.717) is 13.0 Å². The van der Waals surface area contributed by atoms with E-state index in [1.807, 2.05) is 33.1 Å². The molecule has 1 rings (SSSR count). The van der Waals surface area contributed by atoms with Crippen molar-refractivity contribution in [2.75, 3.05) is 6.54 Å². The quantitative estimate of drug-likeness (QED) is 0.752. The summed E-state index contributed by atoms with van der Waals surface area (Å²) in [5, 5.41) is 17.3. The summed E-state index contributed by atoms with van der Waals surface area (Å²) in [5.74, 6) is -1.47. The van der Waals surface area contributed by atoms with E-state index in [4.69, 9.17) is 0 Å². The van der Waals surface area contributed by atoms with Crippen LogP contribution in [0.5, 0.6) is 0 Å². The first-order chi connectivity index (χ1) is 9.67. The lowest BCUT2D eigenvalue weighted by Gasteiger charge is -2.23. The monoisotopic (exact) mass is 313 g/mol. The van der Waals surface area contributed by atoms with Gasteiger partial charge in [0.2, 0.25) is 0 Å². The number of nitrogens with zero attached hydrogens (tertiary/aromatic N) is 1. The molecule has 0 bridgehead atoms. The van der Waals surface area contributed by atoms with Gasteiger partial charge in [0.05, 0.1) is 23.2 Å². The molecule has 0 radical (unpaired) electrons. The fourth-order valence-corrected chi connectivity index (χ4v) is 2.54. The number of aryl methyl sites for hydroxylation is 1. The Balaban J connectivity index is 2.37. The highest BCUT2D eigenvalue weighted by Crippen LogP contribution is 2.24. The molecule has 1 atom stereocenters. The molecule has 0 aliphatic heterocycles. The van der Waals surface area contributed by atoms with Crippen molar-refractivity contribution < 1.29 is 14.7 Å². The normalized spacial score (nSPS) is 12.8. The van der Waals surface area contributed by atoms with Crippen LogP contribution >= 0.6 is 11.3 Å². The Morgan fingerprint density at radius 2 is 2.05 bits per heavy atom. The van der Waals surface area contributed by atoms with Crippen LogP contribution in [0, 0.1) is 18.3 Å². The van der Waals surface area contributed by atoms with Crippen molar-refractivity contribution in [3.05, 3.63) is 16.1 Å². The summed E-state index contributed by atoms with van der Waals surface area (Å²) in [6.07, 6.45) is 0.508. The van der Waals surface area contributed by atoms with Gasteiger partial charge in [0.15, 0.2) is 0 Å². The van der Waals surface area contributed by atoms with E-state index in [1.165, 1.54) is 11.3 Å². The molecule has 1 aromatic rings. The molecular formula is C14H23N3O3S. The Labute approximate surface area is 129 Å². The number of carbonyl (C=O) groups excluding carboxylic acids is 1. The number of urea groups is 1. The number of carboxylic acid groups (broad SMARTS) is 1. The number of carbonyl (C=O) groups is 2. The van der Waals surface area contributed by atoms with E-state index in [2.05, 4.69) is 15.6 Å². The Morgan fingerprint density at radius 1 is 1.38 bits per heavy atom. The van der Waals surface area contributed by atoms with Crippen LogP contribution in [0.1, 0.15) is 37.9 Å². The van der Waals surface area contributed by atoms with E-state index in [-0.39, 0.29) is 18.0 Å². The van der Waals surface area contributed by atoms with Gasteiger partial charge in [-0.1, -0.05) is 20.8 Å². The maximum atomic E-state index is 11.7. The lowest BCUT2D eigenvalue weighted by Crippen LogP contribution is -2.40. The van der Waals surface area contributed by atoms with Crippen LogP contribution < -0.4 is 10.6 Å². The molecule has 118 valence electrons. The largest absolute Gasteiger partial charge is 0.481 e. The van der Waals surface area contributed by atoms with Gasteiger partial charge in [0.25, 0.3) is 0 Å². The van der Waals surface area contributed by atoms with Gasteiger partial charge in [-0.05, 0) is 18.8 Å². The highest BCUT2D eigenvalue weighted by atomic mass is 32.1. The predicted octanol–water partition coefficient (Wildman–Crippen LogP) is 2.39. The van der Waals surface area contributed by atoms with Gasteiger partial charge in [0, 0.05) is 11.9 Å². The van der Waals surface area contributed by atoms with Crippen LogP contribution in [0.15, 0.2) is 5.38 Å². The topological polar surface area (TPSA) is 91.3 Å². The summed E-state index contributed by atoms with van der Waals surface area (Å²) < 4.78 is 0. The van der Waals surface area contributed by atoms with Crippen LogP contribution in [-0.4, -0.2) is 28.6 Å². The summed E-state index contributed by atoms with van der Waals surface area (Å²) in [4.78, 5) is 27.1. The molecule has 6 nitrogen and oxygen atoms in total. The Kier molecular flexibility index (Phi) is 6.14. The highest BCUT2D eigenvalue weighted by molar-refractivity contribution is 7.09. The van der Waals surface area contributed by atoms with Gasteiger partial charge in [-0.3, -0.25) is 4.79 Å². The second-order valence-electron chi connectivity index (χ2n) is 6.22. The number of aliphatic carboxylic acids is 1. The summed E-state index contributed by atoms with van der Waals surface area (Å²) in [6, 6.07) is -0.374. The predicted molar refractivity (Wildman–Crippen MR) is 82.3 cm³/mol. The van der Waals surface area contributed by atoms with E-state index < -0.39 is 11.9 Å². The second kappa shape index (κ2) is 7.40. The van der Waals surface area contributed by atoms with Gasteiger partial charge in [-0.25, -0.2) is 9.78 Å². The van der Waals surface area contributed by atoms with Gasteiger partial charge < -0.3 is 15.7 Å². The number of aromatic nitrogens is 1. The molecule has 7 heteroatoms. The molecule has 0 aromatic carbocycles. The SMILES string of the molecule is Cc1nc(CNC(=O)NCC(CC(C)(C)C)C(=O)O)cs1. The zero-order chi connectivity index (χ0) is 16.0. The van der Waals surface area contributed by atoms with Crippen molar-refractivity contribution >= 4 is 23.3 Å². The number of amides is 2. The molecule has 1 unspecified atom stereocenters. The van der Waals surface area contributed by atoms with Gasteiger partial charge in [-0.15, -0.1) is 11.3 Å². The van der Waals surface area contributed by atoms with E-state index in [0.717, 1.165) is 10.7 Å². The molecule has 1 heterocycles. The van der Waals surface area contributed by atoms with Gasteiger partial charge in [-0.2, -0.15) is 0 Å². The average molecular weight is 313 g/mol. The van der Waals surface area contributed by atoms with E-state index >= 15 is 0 Å². The van der Waals surface area contributed by atoms with Gasteiger partial charge >= 0.3 is 12.0 Å². The Bertz CT molecular complexity index is 494. The molecule has 0 spiro atoms. The maximum absolute atomic E-state index is 11.7. The molecule has 21 heavy (non-hydrogen) atoms. The number of hydrogen-bond acceptors (Lipinski definition) is 4. The third-order valence-electron chi connectivity index (χ3n) is 2.81. The van der Waals surface area contributed by atoms with Crippen LogP contribution in [0.2, 0.25) is 0 Å². The zero-order valence-corrected chi connectivity index (χ0v) is 13.7. The molecule has 1 aromatic heterocycles.